The molecule has 0 bridgehead atoms. The van der Waals surface area contributed by atoms with E-state index >= 15 is 0 Å². The van der Waals surface area contributed by atoms with Gasteiger partial charge in [-0.2, -0.15) is 5.26 Å². The van der Waals surface area contributed by atoms with Crippen LogP contribution < -0.4 is 5.32 Å². The molecule has 0 aliphatic rings. The number of halogens is 1. The monoisotopic (exact) mass is 309 g/mol. The predicted octanol–water partition coefficient (Wildman–Crippen LogP) is 3.32. The van der Waals surface area contributed by atoms with Crippen molar-refractivity contribution in [3.05, 3.63) is 28.2 Å². The van der Waals surface area contributed by atoms with Gasteiger partial charge >= 0.3 is 0 Å². The summed E-state index contributed by atoms with van der Waals surface area (Å²) < 4.78 is 0.929. The van der Waals surface area contributed by atoms with Crippen LogP contribution >= 0.6 is 15.9 Å². The lowest BCUT2D eigenvalue weighted by Crippen LogP contribution is -2.36. The summed E-state index contributed by atoms with van der Waals surface area (Å²) >= 11 is 3.39. The summed E-state index contributed by atoms with van der Waals surface area (Å²) in [6.45, 7) is 5.32. The molecule has 0 heterocycles. The van der Waals surface area contributed by atoms with Gasteiger partial charge in [0.05, 0.1) is 11.3 Å². The number of benzene rings is 1. The molecule has 98 valence electrons. The third-order valence-corrected chi connectivity index (χ3v) is 3.30. The first-order valence-electron chi connectivity index (χ1n) is 6.05. The van der Waals surface area contributed by atoms with E-state index in [9.17, 15) is 0 Å². The maximum Gasteiger partial charge on any atom is 0.101 e. The first kappa shape index (κ1) is 15.0. The molecule has 0 aliphatic carbocycles. The molecule has 0 saturated carbocycles. The van der Waals surface area contributed by atoms with Crippen molar-refractivity contribution in [1.82, 2.24) is 4.90 Å². The number of rotatable bonds is 5. The van der Waals surface area contributed by atoms with Crippen LogP contribution in [0.5, 0.6) is 0 Å². The normalized spacial score (nSPS) is 12.6. The van der Waals surface area contributed by atoms with Crippen molar-refractivity contribution in [2.75, 3.05) is 26.0 Å². The third kappa shape index (κ3) is 4.32. The van der Waals surface area contributed by atoms with Crippen LogP contribution in [0.4, 0.5) is 5.69 Å². The van der Waals surface area contributed by atoms with Crippen molar-refractivity contribution in [3.8, 4) is 6.07 Å². The van der Waals surface area contributed by atoms with E-state index in [2.05, 4.69) is 60.2 Å². The van der Waals surface area contributed by atoms with E-state index in [0.29, 0.717) is 17.5 Å². The Labute approximate surface area is 118 Å². The Kier molecular flexibility index (Phi) is 5.64. The smallest absolute Gasteiger partial charge is 0.101 e. The molecule has 0 fully saturated rings. The number of anilines is 1. The molecular weight excluding hydrogens is 290 g/mol. The van der Waals surface area contributed by atoms with E-state index in [1.54, 1.807) is 0 Å². The van der Waals surface area contributed by atoms with E-state index in [4.69, 9.17) is 5.26 Å². The summed E-state index contributed by atoms with van der Waals surface area (Å²) in [5, 5.41) is 12.6. The van der Waals surface area contributed by atoms with Gasteiger partial charge in [0.15, 0.2) is 0 Å². The molecule has 1 aromatic carbocycles. The highest BCUT2D eigenvalue weighted by atomic mass is 79.9. The van der Waals surface area contributed by atoms with E-state index in [-0.39, 0.29) is 0 Å². The van der Waals surface area contributed by atoms with Crippen LogP contribution in [0.25, 0.3) is 0 Å². The standard InChI is InChI=1S/C14H20BrN3/c1-10(2)14(9-18(3)4)17-13-6-5-12(15)7-11(13)8-16/h5-7,10,14,17H,9H2,1-4H3. The van der Waals surface area contributed by atoms with Crippen LogP contribution in [0.3, 0.4) is 0 Å². The molecule has 1 rings (SSSR count). The van der Waals surface area contributed by atoms with Gasteiger partial charge in [-0.25, -0.2) is 0 Å². The molecule has 0 spiro atoms. The molecule has 3 nitrogen and oxygen atoms in total. The number of nitrogens with one attached hydrogen (secondary N) is 1. The van der Waals surface area contributed by atoms with Crippen molar-refractivity contribution >= 4 is 21.6 Å². The zero-order valence-corrected chi connectivity index (χ0v) is 13.0. The van der Waals surface area contributed by atoms with Crippen LogP contribution in [0.2, 0.25) is 0 Å². The lowest BCUT2D eigenvalue weighted by atomic mass is 10.0. The molecule has 0 amide bonds. The van der Waals surface area contributed by atoms with E-state index in [0.717, 1.165) is 16.7 Å². The van der Waals surface area contributed by atoms with Crippen LogP contribution in [-0.4, -0.2) is 31.6 Å². The summed E-state index contributed by atoms with van der Waals surface area (Å²) in [5.41, 5.74) is 1.58. The van der Waals surface area contributed by atoms with Gasteiger partial charge in [-0.3, -0.25) is 0 Å². The van der Waals surface area contributed by atoms with Crippen molar-refractivity contribution in [2.45, 2.75) is 19.9 Å². The highest BCUT2D eigenvalue weighted by Crippen LogP contribution is 2.22. The fraction of sp³-hybridized carbons (Fsp3) is 0.500. The Balaban J connectivity index is 2.90. The Morgan fingerprint density at radius 2 is 2.06 bits per heavy atom. The van der Waals surface area contributed by atoms with E-state index in [1.807, 2.05) is 18.2 Å². The largest absolute Gasteiger partial charge is 0.380 e. The topological polar surface area (TPSA) is 39.1 Å². The van der Waals surface area contributed by atoms with Gasteiger partial charge in [0, 0.05) is 17.1 Å². The van der Waals surface area contributed by atoms with Gasteiger partial charge < -0.3 is 10.2 Å². The predicted molar refractivity (Wildman–Crippen MR) is 79.7 cm³/mol. The minimum atomic E-state index is 0.327. The minimum absolute atomic E-state index is 0.327. The van der Waals surface area contributed by atoms with Crippen molar-refractivity contribution in [2.24, 2.45) is 5.92 Å². The number of likely N-dealkylation sites (N-methyl/N-ethyl adjacent to an activating group) is 1. The van der Waals surface area contributed by atoms with Crippen molar-refractivity contribution in [3.63, 3.8) is 0 Å². The van der Waals surface area contributed by atoms with Crippen LogP contribution in [0.15, 0.2) is 22.7 Å². The molecule has 4 heteroatoms. The first-order chi connectivity index (χ1) is 8.43. The van der Waals surface area contributed by atoms with Crippen molar-refractivity contribution < 1.29 is 0 Å². The number of nitrogens with zero attached hydrogens (tertiary/aromatic N) is 2. The maximum absolute atomic E-state index is 9.16. The lowest BCUT2D eigenvalue weighted by Gasteiger charge is -2.27. The van der Waals surface area contributed by atoms with Gasteiger partial charge in [0.2, 0.25) is 0 Å². The Hall–Kier alpha value is -1.05. The first-order valence-corrected chi connectivity index (χ1v) is 6.84. The Morgan fingerprint density at radius 3 is 2.56 bits per heavy atom. The van der Waals surface area contributed by atoms with Gasteiger partial charge in [0.1, 0.15) is 6.07 Å². The van der Waals surface area contributed by atoms with Gasteiger partial charge in [-0.15, -0.1) is 0 Å². The quantitative estimate of drug-likeness (QED) is 0.907. The SMILES string of the molecule is CC(C)C(CN(C)C)Nc1ccc(Br)cc1C#N. The van der Waals surface area contributed by atoms with Crippen LogP contribution in [-0.2, 0) is 0 Å². The highest BCUT2D eigenvalue weighted by molar-refractivity contribution is 9.10. The molecule has 1 unspecified atom stereocenters. The summed E-state index contributed by atoms with van der Waals surface area (Å²) in [5.74, 6) is 0.502. The summed E-state index contributed by atoms with van der Waals surface area (Å²) in [6, 6.07) is 8.30. The second kappa shape index (κ2) is 6.77. The van der Waals surface area contributed by atoms with Gasteiger partial charge in [0.25, 0.3) is 0 Å². The number of hydrogen-bond acceptors (Lipinski definition) is 3. The molecule has 0 aromatic heterocycles. The fourth-order valence-electron chi connectivity index (χ4n) is 1.75. The zero-order chi connectivity index (χ0) is 13.7. The second-order valence-electron chi connectivity index (χ2n) is 5.06. The van der Waals surface area contributed by atoms with Gasteiger partial charge in [-0.05, 0) is 38.2 Å². The minimum Gasteiger partial charge on any atom is -0.380 e. The average molecular weight is 310 g/mol. The molecule has 1 atom stereocenters. The van der Waals surface area contributed by atoms with Crippen molar-refractivity contribution in [1.29, 1.82) is 5.26 Å². The lowest BCUT2D eigenvalue weighted by molar-refractivity contribution is 0.344. The molecule has 18 heavy (non-hydrogen) atoms. The molecule has 0 saturated heterocycles. The Morgan fingerprint density at radius 1 is 1.39 bits per heavy atom. The summed E-state index contributed by atoms with van der Waals surface area (Å²) in [6.07, 6.45) is 0. The average Bonchev–Trinajstić information content (AvgIpc) is 2.29. The fourth-order valence-corrected chi connectivity index (χ4v) is 2.11. The van der Waals surface area contributed by atoms with Crippen LogP contribution in [0.1, 0.15) is 19.4 Å². The second-order valence-corrected chi connectivity index (χ2v) is 5.97. The number of hydrogen-bond donors (Lipinski definition) is 1. The molecule has 0 aliphatic heterocycles. The summed E-state index contributed by atoms with van der Waals surface area (Å²) in [7, 11) is 4.12. The zero-order valence-electron chi connectivity index (χ0n) is 11.4. The highest BCUT2D eigenvalue weighted by Gasteiger charge is 2.15. The van der Waals surface area contributed by atoms with Gasteiger partial charge in [-0.1, -0.05) is 29.8 Å². The Bertz CT molecular complexity index is 435. The maximum atomic E-state index is 9.16. The third-order valence-electron chi connectivity index (χ3n) is 2.81. The molecule has 0 radical (unpaired) electrons. The number of nitriles is 1. The van der Waals surface area contributed by atoms with E-state index in [1.165, 1.54) is 0 Å². The molecule has 1 aromatic rings. The molecule has 1 N–H and O–H groups in total. The summed E-state index contributed by atoms with van der Waals surface area (Å²) in [4.78, 5) is 2.16. The molecular formula is C14H20BrN3. The van der Waals surface area contributed by atoms with Crippen LogP contribution in [0, 0.1) is 17.2 Å². The van der Waals surface area contributed by atoms with E-state index < -0.39 is 0 Å².